The van der Waals surface area contributed by atoms with E-state index in [0.29, 0.717) is 12.2 Å². The maximum atomic E-state index is 11.7. The van der Waals surface area contributed by atoms with Gasteiger partial charge in [-0.3, -0.25) is 0 Å². The molecule has 1 aromatic rings. The number of nitrogen functional groups attached to an aromatic ring is 1. The number of rotatable bonds is 6. The van der Waals surface area contributed by atoms with Crippen LogP contribution in [0.2, 0.25) is 0 Å². The molecular weight excluding hydrogens is 329 g/mol. The molecule has 1 rings (SSSR count). The normalized spacial score (nSPS) is 10.8. The molecule has 0 aromatic heterocycles. The topological polar surface area (TPSA) is 47.3 Å². The van der Waals surface area contributed by atoms with Crippen molar-refractivity contribution in [2.45, 2.75) is 6.43 Å². The van der Waals surface area contributed by atoms with Crippen molar-refractivity contribution >= 4 is 34.0 Å². The Kier molecular flexibility index (Phi) is 5.75. The standard InChI is InChI=1S/C10H13F2IN2O/c11-10(12)6-16-4-3-15-9-2-1-7(13)5-8(9)14/h1-2,5,10,15H,3-4,6,14H2. The van der Waals surface area contributed by atoms with E-state index in [4.69, 9.17) is 10.5 Å². The molecule has 0 heterocycles. The lowest BCUT2D eigenvalue weighted by molar-refractivity contribution is 0.0215. The van der Waals surface area contributed by atoms with Crippen LogP contribution in [0.1, 0.15) is 0 Å². The zero-order valence-electron chi connectivity index (χ0n) is 8.55. The van der Waals surface area contributed by atoms with Crippen molar-refractivity contribution in [1.82, 2.24) is 0 Å². The van der Waals surface area contributed by atoms with Gasteiger partial charge in [0.2, 0.25) is 0 Å². The molecule has 0 fully saturated rings. The maximum absolute atomic E-state index is 11.7. The van der Waals surface area contributed by atoms with Crippen molar-refractivity contribution in [1.29, 1.82) is 0 Å². The Hall–Kier alpha value is -0.630. The minimum Gasteiger partial charge on any atom is -0.397 e. The Morgan fingerprint density at radius 2 is 2.19 bits per heavy atom. The Balaban J connectivity index is 2.27. The molecule has 90 valence electrons. The number of nitrogens with two attached hydrogens (primary N) is 1. The van der Waals surface area contributed by atoms with E-state index >= 15 is 0 Å². The van der Waals surface area contributed by atoms with Crippen molar-refractivity contribution in [3.05, 3.63) is 21.8 Å². The molecule has 0 saturated carbocycles. The lowest BCUT2D eigenvalue weighted by Crippen LogP contribution is -2.13. The second-order valence-electron chi connectivity index (χ2n) is 3.12. The van der Waals surface area contributed by atoms with Crippen LogP contribution in [0.5, 0.6) is 0 Å². The fourth-order valence-corrected chi connectivity index (χ4v) is 1.64. The van der Waals surface area contributed by atoms with Crippen LogP contribution in [0, 0.1) is 3.57 Å². The van der Waals surface area contributed by atoms with Crippen LogP contribution in [0.15, 0.2) is 18.2 Å². The van der Waals surface area contributed by atoms with Crippen LogP contribution in [0.3, 0.4) is 0 Å². The van der Waals surface area contributed by atoms with E-state index in [1.807, 2.05) is 18.2 Å². The van der Waals surface area contributed by atoms with Crippen LogP contribution in [-0.2, 0) is 4.74 Å². The molecule has 0 unspecified atom stereocenters. The number of nitrogens with one attached hydrogen (secondary N) is 1. The van der Waals surface area contributed by atoms with Gasteiger partial charge in [-0.1, -0.05) is 0 Å². The number of hydrogen-bond acceptors (Lipinski definition) is 3. The van der Waals surface area contributed by atoms with E-state index in [-0.39, 0.29) is 6.61 Å². The highest BCUT2D eigenvalue weighted by atomic mass is 127. The van der Waals surface area contributed by atoms with Gasteiger partial charge in [0.15, 0.2) is 0 Å². The maximum Gasteiger partial charge on any atom is 0.261 e. The largest absolute Gasteiger partial charge is 0.397 e. The van der Waals surface area contributed by atoms with Gasteiger partial charge in [-0.2, -0.15) is 0 Å². The first-order chi connectivity index (χ1) is 7.59. The summed E-state index contributed by atoms with van der Waals surface area (Å²) in [6.45, 7) is 0.164. The number of alkyl halides is 2. The van der Waals surface area contributed by atoms with Crippen LogP contribution in [0.25, 0.3) is 0 Å². The average Bonchev–Trinajstić information content (AvgIpc) is 2.20. The second kappa shape index (κ2) is 6.85. The van der Waals surface area contributed by atoms with Crippen LogP contribution in [0.4, 0.5) is 20.2 Å². The van der Waals surface area contributed by atoms with Gasteiger partial charge < -0.3 is 15.8 Å². The molecular formula is C10H13F2IN2O. The molecule has 3 N–H and O–H groups in total. The lowest BCUT2D eigenvalue weighted by Gasteiger charge is -2.09. The Labute approximate surface area is 106 Å². The summed E-state index contributed by atoms with van der Waals surface area (Å²) in [7, 11) is 0. The van der Waals surface area contributed by atoms with Crippen LogP contribution >= 0.6 is 22.6 Å². The summed E-state index contributed by atoms with van der Waals surface area (Å²) in [6.07, 6.45) is -2.41. The van der Waals surface area contributed by atoms with Crippen LogP contribution in [-0.4, -0.2) is 26.2 Å². The van der Waals surface area contributed by atoms with E-state index in [9.17, 15) is 8.78 Å². The summed E-state index contributed by atoms with van der Waals surface area (Å²) in [4.78, 5) is 0. The van der Waals surface area contributed by atoms with Crippen molar-refractivity contribution in [2.75, 3.05) is 30.8 Å². The molecule has 1 aromatic carbocycles. The minimum absolute atomic E-state index is 0.232. The molecule has 0 radical (unpaired) electrons. The van der Waals surface area contributed by atoms with Gasteiger partial charge >= 0.3 is 0 Å². The van der Waals surface area contributed by atoms with Crippen molar-refractivity contribution in [3.8, 4) is 0 Å². The second-order valence-corrected chi connectivity index (χ2v) is 4.37. The summed E-state index contributed by atoms with van der Waals surface area (Å²) in [5.41, 5.74) is 7.19. The molecule has 0 atom stereocenters. The minimum atomic E-state index is -2.41. The van der Waals surface area contributed by atoms with E-state index in [2.05, 4.69) is 27.9 Å². The van der Waals surface area contributed by atoms with Crippen molar-refractivity contribution < 1.29 is 13.5 Å². The lowest BCUT2D eigenvalue weighted by atomic mass is 10.3. The fraction of sp³-hybridized carbons (Fsp3) is 0.400. The zero-order chi connectivity index (χ0) is 12.0. The van der Waals surface area contributed by atoms with Gasteiger partial charge in [-0.05, 0) is 40.8 Å². The quantitative estimate of drug-likeness (QED) is 0.475. The first kappa shape index (κ1) is 13.4. The fourth-order valence-electron chi connectivity index (χ4n) is 1.12. The Morgan fingerprint density at radius 3 is 2.81 bits per heavy atom. The first-order valence-electron chi connectivity index (χ1n) is 4.74. The molecule has 0 spiro atoms. The highest BCUT2D eigenvalue weighted by Gasteiger charge is 2.02. The Morgan fingerprint density at radius 1 is 1.44 bits per heavy atom. The molecule has 0 bridgehead atoms. The SMILES string of the molecule is Nc1cc(I)ccc1NCCOCC(F)F. The molecule has 0 aliphatic carbocycles. The highest BCUT2D eigenvalue weighted by molar-refractivity contribution is 14.1. The summed E-state index contributed by atoms with van der Waals surface area (Å²) in [6, 6.07) is 5.60. The van der Waals surface area contributed by atoms with Gasteiger partial charge in [0, 0.05) is 10.1 Å². The van der Waals surface area contributed by atoms with Gasteiger partial charge in [0.1, 0.15) is 6.61 Å². The van der Waals surface area contributed by atoms with E-state index in [1.165, 1.54) is 0 Å². The number of hydrogen-bond donors (Lipinski definition) is 2. The smallest absolute Gasteiger partial charge is 0.261 e. The van der Waals surface area contributed by atoms with Gasteiger partial charge in [-0.15, -0.1) is 0 Å². The number of anilines is 2. The monoisotopic (exact) mass is 342 g/mol. The average molecular weight is 342 g/mol. The zero-order valence-corrected chi connectivity index (χ0v) is 10.7. The molecule has 0 saturated heterocycles. The molecule has 0 aliphatic rings. The number of ether oxygens (including phenoxy) is 1. The highest BCUT2D eigenvalue weighted by Crippen LogP contribution is 2.20. The predicted octanol–water partition coefficient (Wildman–Crippen LogP) is 2.57. The molecule has 3 nitrogen and oxygen atoms in total. The van der Waals surface area contributed by atoms with E-state index < -0.39 is 13.0 Å². The van der Waals surface area contributed by atoms with Crippen molar-refractivity contribution in [2.24, 2.45) is 0 Å². The third kappa shape index (κ3) is 4.93. The molecule has 16 heavy (non-hydrogen) atoms. The van der Waals surface area contributed by atoms with Gasteiger partial charge in [0.05, 0.1) is 18.0 Å². The van der Waals surface area contributed by atoms with Gasteiger partial charge in [0.25, 0.3) is 6.43 Å². The van der Waals surface area contributed by atoms with E-state index in [1.54, 1.807) is 0 Å². The summed E-state index contributed by atoms with van der Waals surface area (Å²) in [5, 5.41) is 3.02. The summed E-state index contributed by atoms with van der Waals surface area (Å²) in [5.74, 6) is 0. The van der Waals surface area contributed by atoms with Gasteiger partial charge in [-0.25, -0.2) is 8.78 Å². The third-order valence-corrected chi connectivity index (χ3v) is 2.49. The number of benzene rings is 1. The molecule has 6 heteroatoms. The summed E-state index contributed by atoms with van der Waals surface area (Å²) < 4.78 is 29.2. The number of halogens is 3. The Bertz CT molecular complexity index is 337. The third-order valence-electron chi connectivity index (χ3n) is 1.82. The molecule has 0 aliphatic heterocycles. The van der Waals surface area contributed by atoms with Crippen LogP contribution < -0.4 is 11.1 Å². The molecule has 0 amide bonds. The summed E-state index contributed by atoms with van der Waals surface area (Å²) >= 11 is 2.16. The van der Waals surface area contributed by atoms with Crippen molar-refractivity contribution in [3.63, 3.8) is 0 Å². The van der Waals surface area contributed by atoms with E-state index in [0.717, 1.165) is 9.26 Å². The predicted molar refractivity (Wildman–Crippen MR) is 68.9 cm³/mol. The first-order valence-corrected chi connectivity index (χ1v) is 5.82.